The van der Waals surface area contributed by atoms with Crippen molar-refractivity contribution < 1.29 is 0 Å². The number of hydrogen-bond donors (Lipinski definition) is 1. The standard InChI is InChI=1S/C13H21N5S/c1-4-17-12-11(9(2)15-17)14-13(19)18(12)10-6-5-7-16(3)8-10/h10H,4-8H2,1-3H3,(H,14,19). The van der Waals surface area contributed by atoms with Crippen LogP contribution < -0.4 is 0 Å². The SMILES string of the molecule is CCn1nc(C)c2[nH]c(=S)n(C3CCCN(C)C3)c21. The summed E-state index contributed by atoms with van der Waals surface area (Å²) in [5.41, 5.74) is 3.29. The van der Waals surface area contributed by atoms with E-state index >= 15 is 0 Å². The minimum Gasteiger partial charge on any atom is -0.328 e. The number of hydrogen-bond acceptors (Lipinski definition) is 3. The second-order valence-corrected chi connectivity index (χ2v) is 5.84. The van der Waals surface area contributed by atoms with E-state index in [9.17, 15) is 0 Å². The lowest BCUT2D eigenvalue weighted by atomic mass is 10.1. The molecule has 1 unspecified atom stereocenters. The number of fused-ring (bicyclic) bond motifs is 1. The third-order valence-corrected chi connectivity index (χ3v) is 4.34. The Morgan fingerprint density at radius 2 is 2.26 bits per heavy atom. The summed E-state index contributed by atoms with van der Waals surface area (Å²) in [6, 6.07) is 0.460. The highest BCUT2D eigenvalue weighted by molar-refractivity contribution is 7.71. The van der Waals surface area contributed by atoms with Crippen LogP contribution in [-0.2, 0) is 6.54 Å². The Balaban J connectivity index is 2.16. The minimum atomic E-state index is 0.460. The van der Waals surface area contributed by atoms with Crippen LogP contribution in [0.25, 0.3) is 11.2 Å². The summed E-state index contributed by atoms with van der Waals surface area (Å²) in [7, 11) is 2.18. The van der Waals surface area contributed by atoms with E-state index in [1.54, 1.807) is 0 Å². The van der Waals surface area contributed by atoms with Gasteiger partial charge in [-0.1, -0.05) is 0 Å². The molecule has 19 heavy (non-hydrogen) atoms. The maximum atomic E-state index is 5.54. The molecule has 0 bridgehead atoms. The number of piperidine rings is 1. The smallest absolute Gasteiger partial charge is 0.179 e. The third kappa shape index (κ3) is 2.03. The Bertz CT molecular complexity index is 650. The maximum Gasteiger partial charge on any atom is 0.179 e. The van der Waals surface area contributed by atoms with Crippen LogP contribution in [0.5, 0.6) is 0 Å². The number of nitrogens with one attached hydrogen (secondary N) is 1. The van der Waals surface area contributed by atoms with Crippen molar-refractivity contribution in [3.8, 4) is 0 Å². The van der Waals surface area contributed by atoms with E-state index < -0.39 is 0 Å². The highest BCUT2D eigenvalue weighted by Gasteiger charge is 2.24. The van der Waals surface area contributed by atoms with Crippen LogP contribution in [0.3, 0.4) is 0 Å². The summed E-state index contributed by atoms with van der Waals surface area (Å²) in [6.45, 7) is 7.29. The number of likely N-dealkylation sites (tertiary alicyclic amines) is 1. The summed E-state index contributed by atoms with van der Waals surface area (Å²) in [5, 5.41) is 4.59. The topological polar surface area (TPSA) is 41.8 Å². The van der Waals surface area contributed by atoms with Crippen LogP contribution in [0.4, 0.5) is 0 Å². The van der Waals surface area contributed by atoms with Gasteiger partial charge in [0.25, 0.3) is 0 Å². The minimum absolute atomic E-state index is 0.460. The summed E-state index contributed by atoms with van der Waals surface area (Å²) in [5.74, 6) is 0. The number of aromatic amines is 1. The molecule has 104 valence electrons. The lowest BCUT2D eigenvalue weighted by Crippen LogP contribution is -2.33. The fraction of sp³-hybridized carbons (Fsp3) is 0.692. The van der Waals surface area contributed by atoms with Gasteiger partial charge in [-0.2, -0.15) is 5.10 Å². The molecular weight excluding hydrogens is 258 g/mol. The molecule has 1 fully saturated rings. The number of nitrogens with zero attached hydrogens (tertiary/aromatic N) is 4. The van der Waals surface area contributed by atoms with E-state index in [1.807, 2.05) is 6.92 Å². The summed E-state index contributed by atoms with van der Waals surface area (Å²) in [4.78, 5) is 5.72. The van der Waals surface area contributed by atoms with Gasteiger partial charge in [0, 0.05) is 13.1 Å². The molecule has 2 aromatic heterocycles. The molecule has 3 heterocycles. The molecule has 5 nitrogen and oxygen atoms in total. The Labute approximate surface area is 118 Å². The zero-order chi connectivity index (χ0) is 13.6. The monoisotopic (exact) mass is 279 g/mol. The molecule has 1 aliphatic rings. The highest BCUT2D eigenvalue weighted by atomic mass is 32.1. The van der Waals surface area contributed by atoms with Crippen molar-refractivity contribution in [2.24, 2.45) is 0 Å². The lowest BCUT2D eigenvalue weighted by Gasteiger charge is -2.30. The fourth-order valence-corrected chi connectivity index (χ4v) is 3.47. The van der Waals surface area contributed by atoms with Gasteiger partial charge in [0.05, 0.1) is 11.7 Å². The first-order valence-electron chi connectivity index (χ1n) is 6.98. The van der Waals surface area contributed by atoms with Gasteiger partial charge in [0.2, 0.25) is 0 Å². The van der Waals surface area contributed by atoms with Crippen molar-refractivity contribution in [3.05, 3.63) is 10.5 Å². The van der Waals surface area contributed by atoms with Crippen molar-refractivity contribution >= 4 is 23.4 Å². The zero-order valence-electron chi connectivity index (χ0n) is 11.8. The first kappa shape index (κ1) is 12.9. The summed E-state index contributed by atoms with van der Waals surface area (Å²) in [6.07, 6.45) is 2.42. The van der Waals surface area contributed by atoms with Crippen LogP contribution in [-0.4, -0.2) is 44.4 Å². The highest BCUT2D eigenvalue weighted by Crippen LogP contribution is 2.27. The molecule has 0 radical (unpaired) electrons. The number of rotatable bonds is 2. The van der Waals surface area contributed by atoms with E-state index in [0.29, 0.717) is 6.04 Å². The van der Waals surface area contributed by atoms with Crippen molar-refractivity contribution in [2.75, 3.05) is 20.1 Å². The summed E-state index contributed by atoms with van der Waals surface area (Å²) >= 11 is 5.54. The molecule has 0 aliphatic carbocycles. The molecule has 1 N–H and O–H groups in total. The normalized spacial score (nSPS) is 21.3. The number of imidazole rings is 1. The Morgan fingerprint density at radius 3 is 2.95 bits per heavy atom. The quantitative estimate of drug-likeness (QED) is 0.859. The van der Waals surface area contributed by atoms with Crippen LogP contribution in [0.2, 0.25) is 0 Å². The van der Waals surface area contributed by atoms with Crippen LogP contribution in [0.15, 0.2) is 0 Å². The molecule has 0 spiro atoms. The molecule has 0 saturated carbocycles. The Kier molecular flexibility index (Phi) is 3.22. The van der Waals surface area contributed by atoms with Crippen LogP contribution >= 0.6 is 12.2 Å². The predicted octanol–water partition coefficient (Wildman–Crippen LogP) is 2.49. The molecule has 0 aromatic carbocycles. The van der Waals surface area contributed by atoms with Gasteiger partial charge >= 0.3 is 0 Å². The molecule has 1 atom stereocenters. The van der Waals surface area contributed by atoms with E-state index in [-0.39, 0.29) is 0 Å². The maximum absolute atomic E-state index is 5.54. The second-order valence-electron chi connectivity index (χ2n) is 5.46. The first-order chi connectivity index (χ1) is 9.11. The zero-order valence-corrected chi connectivity index (χ0v) is 12.6. The summed E-state index contributed by atoms with van der Waals surface area (Å²) < 4.78 is 5.17. The van der Waals surface area contributed by atoms with Gasteiger partial charge in [-0.3, -0.25) is 4.57 Å². The third-order valence-electron chi connectivity index (χ3n) is 4.04. The van der Waals surface area contributed by atoms with Crippen molar-refractivity contribution in [3.63, 3.8) is 0 Å². The van der Waals surface area contributed by atoms with Crippen molar-refractivity contribution in [1.29, 1.82) is 0 Å². The number of H-pyrrole nitrogens is 1. The van der Waals surface area contributed by atoms with Crippen LogP contribution in [0, 0.1) is 11.7 Å². The van der Waals surface area contributed by atoms with Gasteiger partial charge in [-0.25, -0.2) is 4.68 Å². The molecule has 1 saturated heterocycles. The fourth-order valence-electron chi connectivity index (χ4n) is 3.13. The second kappa shape index (κ2) is 4.76. The van der Waals surface area contributed by atoms with E-state index in [2.05, 4.69) is 38.2 Å². The number of likely N-dealkylation sites (N-methyl/N-ethyl adjacent to an activating group) is 1. The van der Waals surface area contributed by atoms with Crippen LogP contribution in [0.1, 0.15) is 31.5 Å². The molecule has 2 aromatic rings. The van der Waals surface area contributed by atoms with Gasteiger partial charge in [-0.05, 0) is 52.5 Å². The Morgan fingerprint density at radius 1 is 1.47 bits per heavy atom. The van der Waals surface area contributed by atoms with Gasteiger partial charge in [-0.15, -0.1) is 0 Å². The number of aromatic nitrogens is 4. The molecule has 6 heteroatoms. The predicted molar refractivity (Wildman–Crippen MR) is 79.1 cm³/mol. The van der Waals surface area contributed by atoms with Gasteiger partial charge in [0.15, 0.2) is 10.4 Å². The van der Waals surface area contributed by atoms with E-state index in [1.165, 1.54) is 19.4 Å². The van der Waals surface area contributed by atoms with Crippen molar-refractivity contribution in [1.82, 2.24) is 24.2 Å². The van der Waals surface area contributed by atoms with Crippen molar-refractivity contribution in [2.45, 2.75) is 39.3 Å². The molecule has 1 aliphatic heterocycles. The molecular formula is C13H21N5S. The lowest BCUT2D eigenvalue weighted by molar-refractivity contribution is 0.212. The molecule has 0 amide bonds. The van der Waals surface area contributed by atoms with E-state index in [4.69, 9.17) is 12.2 Å². The largest absolute Gasteiger partial charge is 0.328 e. The average Bonchev–Trinajstić information content (AvgIpc) is 2.86. The van der Waals surface area contributed by atoms with Gasteiger partial charge < -0.3 is 9.88 Å². The Hall–Kier alpha value is -1.14. The number of aryl methyl sites for hydroxylation is 2. The average molecular weight is 279 g/mol. The van der Waals surface area contributed by atoms with Gasteiger partial charge in [0.1, 0.15) is 5.52 Å². The molecule has 3 rings (SSSR count). The first-order valence-corrected chi connectivity index (χ1v) is 7.38. The van der Waals surface area contributed by atoms with E-state index in [0.717, 1.165) is 34.7 Å².